The average molecular weight is 281 g/mol. The van der Waals surface area contributed by atoms with Crippen molar-refractivity contribution in [3.63, 3.8) is 0 Å². The maximum absolute atomic E-state index is 13.3. The Labute approximate surface area is 116 Å². The summed E-state index contributed by atoms with van der Waals surface area (Å²) in [7, 11) is 1.78. The molecule has 0 N–H and O–H groups in total. The second-order valence-corrected chi connectivity index (χ2v) is 4.77. The molecule has 0 spiro atoms. The predicted molar refractivity (Wildman–Crippen MR) is 72.0 cm³/mol. The van der Waals surface area contributed by atoms with Gasteiger partial charge in [0.05, 0.1) is 16.3 Å². The molecule has 0 bridgehead atoms. The Kier molecular flexibility index (Phi) is 4.00. The molecule has 19 heavy (non-hydrogen) atoms. The van der Waals surface area contributed by atoms with Crippen molar-refractivity contribution in [1.29, 1.82) is 0 Å². The van der Waals surface area contributed by atoms with Gasteiger partial charge in [-0.3, -0.25) is 9.48 Å². The van der Waals surface area contributed by atoms with Crippen LogP contribution in [0.15, 0.2) is 24.4 Å². The number of carbonyl (C=O) groups excluding carboxylic acids is 1. The minimum atomic E-state index is -0.506. The first-order valence-electron chi connectivity index (χ1n) is 6.01. The van der Waals surface area contributed by atoms with E-state index in [1.54, 1.807) is 24.0 Å². The summed E-state index contributed by atoms with van der Waals surface area (Å²) in [5.41, 5.74) is 1.97. The Hall–Kier alpha value is -1.68. The Morgan fingerprint density at radius 2 is 2.21 bits per heavy atom. The van der Waals surface area contributed by atoms with Gasteiger partial charge in [0.1, 0.15) is 5.82 Å². The first-order chi connectivity index (χ1) is 9.01. The standard InChI is InChI=1S/C14H14ClFN2O/c1-3-13-10(8-18(2)17-13)14(19)7-9-4-5-11(15)12(16)6-9/h4-6,8H,3,7H2,1-2H3. The predicted octanol–water partition coefficient (Wildman–Crippen LogP) is 3.20. The lowest BCUT2D eigenvalue weighted by molar-refractivity contribution is 0.0992. The molecule has 0 saturated carbocycles. The number of aromatic nitrogens is 2. The van der Waals surface area contributed by atoms with Crippen molar-refractivity contribution in [2.45, 2.75) is 19.8 Å². The third-order valence-corrected chi connectivity index (χ3v) is 3.20. The van der Waals surface area contributed by atoms with Crippen LogP contribution in [0.3, 0.4) is 0 Å². The monoisotopic (exact) mass is 280 g/mol. The first kappa shape index (κ1) is 13.7. The molecule has 0 aliphatic rings. The minimum absolute atomic E-state index is 0.0619. The lowest BCUT2D eigenvalue weighted by atomic mass is 10.0. The number of rotatable bonds is 4. The van der Waals surface area contributed by atoms with Crippen LogP contribution >= 0.6 is 11.6 Å². The molecule has 2 rings (SSSR count). The summed E-state index contributed by atoms with van der Waals surface area (Å²) >= 11 is 5.61. The van der Waals surface area contributed by atoms with Gasteiger partial charge in [0.2, 0.25) is 0 Å². The van der Waals surface area contributed by atoms with E-state index in [1.807, 2.05) is 6.92 Å². The van der Waals surface area contributed by atoms with Gasteiger partial charge in [-0.1, -0.05) is 24.6 Å². The van der Waals surface area contributed by atoms with Gasteiger partial charge in [0, 0.05) is 19.7 Å². The molecule has 2 aromatic rings. The van der Waals surface area contributed by atoms with Gasteiger partial charge < -0.3 is 0 Å². The van der Waals surface area contributed by atoms with Crippen LogP contribution in [0, 0.1) is 5.82 Å². The highest BCUT2D eigenvalue weighted by atomic mass is 35.5. The molecule has 100 valence electrons. The zero-order chi connectivity index (χ0) is 14.0. The van der Waals surface area contributed by atoms with E-state index in [2.05, 4.69) is 5.10 Å². The summed E-state index contributed by atoms with van der Waals surface area (Å²) in [5.74, 6) is -0.569. The second-order valence-electron chi connectivity index (χ2n) is 4.37. The fourth-order valence-corrected chi connectivity index (χ4v) is 2.08. The average Bonchev–Trinajstić information content (AvgIpc) is 2.75. The van der Waals surface area contributed by atoms with Crippen molar-refractivity contribution < 1.29 is 9.18 Å². The van der Waals surface area contributed by atoms with E-state index in [0.29, 0.717) is 17.5 Å². The molecule has 0 amide bonds. The SMILES string of the molecule is CCc1nn(C)cc1C(=O)Cc1ccc(Cl)c(F)c1. The number of Topliss-reactive ketones (excluding diaryl/α,β-unsaturated/α-hetero) is 1. The summed E-state index contributed by atoms with van der Waals surface area (Å²) < 4.78 is 14.9. The Morgan fingerprint density at radius 1 is 1.47 bits per heavy atom. The molecule has 0 saturated heterocycles. The number of benzene rings is 1. The van der Waals surface area contributed by atoms with Crippen LogP contribution < -0.4 is 0 Å². The number of hydrogen-bond acceptors (Lipinski definition) is 2. The van der Waals surface area contributed by atoms with E-state index in [4.69, 9.17) is 11.6 Å². The lowest BCUT2D eigenvalue weighted by Crippen LogP contribution is -2.05. The van der Waals surface area contributed by atoms with E-state index in [9.17, 15) is 9.18 Å². The topological polar surface area (TPSA) is 34.9 Å². The van der Waals surface area contributed by atoms with Gasteiger partial charge in [-0.05, 0) is 24.1 Å². The van der Waals surface area contributed by atoms with Gasteiger partial charge >= 0.3 is 0 Å². The number of halogens is 2. The van der Waals surface area contributed by atoms with Gasteiger partial charge in [-0.15, -0.1) is 0 Å². The van der Waals surface area contributed by atoms with Crippen molar-refractivity contribution in [3.8, 4) is 0 Å². The number of ketones is 1. The van der Waals surface area contributed by atoms with Crippen molar-refractivity contribution in [2.75, 3.05) is 0 Å². The summed E-state index contributed by atoms with van der Waals surface area (Å²) in [6.07, 6.45) is 2.54. The molecular formula is C14H14ClFN2O. The first-order valence-corrected chi connectivity index (χ1v) is 6.38. The molecular weight excluding hydrogens is 267 g/mol. The van der Waals surface area contributed by atoms with E-state index in [1.165, 1.54) is 12.1 Å². The third-order valence-electron chi connectivity index (χ3n) is 2.89. The molecule has 0 atom stereocenters. The highest BCUT2D eigenvalue weighted by Crippen LogP contribution is 2.18. The maximum Gasteiger partial charge on any atom is 0.170 e. The van der Waals surface area contributed by atoms with Crippen LogP contribution in [-0.4, -0.2) is 15.6 Å². The highest BCUT2D eigenvalue weighted by Gasteiger charge is 2.15. The molecule has 5 heteroatoms. The Morgan fingerprint density at radius 3 is 2.84 bits per heavy atom. The van der Waals surface area contributed by atoms with Crippen LogP contribution in [0.4, 0.5) is 4.39 Å². The summed E-state index contributed by atoms with van der Waals surface area (Å²) in [4.78, 5) is 12.2. The molecule has 0 aliphatic carbocycles. The van der Waals surface area contributed by atoms with E-state index < -0.39 is 5.82 Å². The van der Waals surface area contributed by atoms with Crippen molar-refractivity contribution in [3.05, 3.63) is 52.1 Å². The number of nitrogens with zero attached hydrogens (tertiary/aromatic N) is 2. The third kappa shape index (κ3) is 3.01. The van der Waals surface area contributed by atoms with E-state index >= 15 is 0 Å². The highest BCUT2D eigenvalue weighted by molar-refractivity contribution is 6.30. The lowest BCUT2D eigenvalue weighted by Gasteiger charge is -2.02. The van der Waals surface area contributed by atoms with Crippen molar-refractivity contribution >= 4 is 17.4 Å². The van der Waals surface area contributed by atoms with Crippen LogP contribution in [0.1, 0.15) is 28.5 Å². The van der Waals surface area contributed by atoms with E-state index in [0.717, 1.165) is 5.69 Å². The van der Waals surface area contributed by atoms with Crippen LogP contribution in [0.2, 0.25) is 5.02 Å². The minimum Gasteiger partial charge on any atom is -0.294 e. The molecule has 1 heterocycles. The normalized spacial score (nSPS) is 10.7. The van der Waals surface area contributed by atoms with Gasteiger partial charge in [-0.2, -0.15) is 5.10 Å². The fraction of sp³-hybridized carbons (Fsp3) is 0.286. The van der Waals surface area contributed by atoms with E-state index in [-0.39, 0.29) is 17.2 Å². The molecule has 0 radical (unpaired) electrons. The van der Waals surface area contributed by atoms with Crippen molar-refractivity contribution in [2.24, 2.45) is 7.05 Å². The van der Waals surface area contributed by atoms with Crippen LogP contribution in [-0.2, 0) is 19.9 Å². The molecule has 1 aromatic heterocycles. The summed E-state index contributed by atoms with van der Waals surface area (Å²) in [5, 5.41) is 4.29. The fourth-order valence-electron chi connectivity index (χ4n) is 1.96. The zero-order valence-electron chi connectivity index (χ0n) is 10.8. The van der Waals surface area contributed by atoms with Gasteiger partial charge in [0.15, 0.2) is 5.78 Å². The smallest absolute Gasteiger partial charge is 0.170 e. The quantitative estimate of drug-likeness (QED) is 0.806. The Balaban J connectivity index is 2.22. The molecule has 0 fully saturated rings. The van der Waals surface area contributed by atoms with Crippen molar-refractivity contribution in [1.82, 2.24) is 9.78 Å². The second kappa shape index (κ2) is 5.53. The molecule has 0 unspecified atom stereocenters. The number of aryl methyl sites for hydroxylation is 2. The van der Waals surface area contributed by atoms with Crippen LogP contribution in [0.5, 0.6) is 0 Å². The number of carbonyl (C=O) groups is 1. The molecule has 1 aromatic carbocycles. The van der Waals surface area contributed by atoms with Gasteiger partial charge in [0.25, 0.3) is 0 Å². The summed E-state index contributed by atoms with van der Waals surface area (Å²) in [6.45, 7) is 1.95. The zero-order valence-corrected chi connectivity index (χ0v) is 11.5. The number of hydrogen-bond donors (Lipinski definition) is 0. The molecule has 3 nitrogen and oxygen atoms in total. The Bertz CT molecular complexity index is 622. The summed E-state index contributed by atoms with van der Waals surface area (Å²) in [6, 6.07) is 4.41. The molecule has 0 aliphatic heterocycles. The largest absolute Gasteiger partial charge is 0.294 e. The maximum atomic E-state index is 13.3. The van der Waals surface area contributed by atoms with Crippen LogP contribution in [0.25, 0.3) is 0 Å². The van der Waals surface area contributed by atoms with Gasteiger partial charge in [-0.25, -0.2) is 4.39 Å².